The predicted octanol–water partition coefficient (Wildman–Crippen LogP) is 4.30. The minimum absolute atomic E-state index is 0.128. The Morgan fingerprint density at radius 3 is 2.59 bits per heavy atom. The number of fused-ring (bicyclic) bond motifs is 1. The summed E-state index contributed by atoms with van der Waals surface area (Å²) >= 11 is 1.02. The van der Waals surface area contributed by atoms with Crippen LogP contribution >= 0.6 is 11.3 Å². The Morgan fingerprint density at radius 1 is 1.24 bits per heavy atom. The summed E-state index contributed by atoms with van der Waals surface area (Å²) in [5.74, 6) is -0.285. The first-order chi connectivity index (χ1) is 16.0. The Balaban J connectivity index is 1.55. The third-order valence-electron chi connectivity index (χ3n) is 5.91. The standard InChI is InChI=1S/C23H23F3N4O3S/c1-13-4-3-9-29(10-13)17(31)11-30-12-27-21-18(22(30)33)14(2)19(34-21)20(32)28-16-7-5-15(6-8-16)23(24,25)26/h5-8,12-13H,3-4,9-11H2,1-2H3,(H,28,32)/t13-/m1/s1. The number of carbonyl (C=O) groups excluding carboxylic acids is 2. The van der Waals surface area contributed by atoms with Crippen molar-refractivity contribution < 1.29 is 22.8 Å². The van der Waals surface area contributed by atoms with Crippen LogP contribution in [0.3, 0.4) is 0 Å². The highest BCUT2D eigenvalue weighted by Crippen LogP contribution is 2.31. The van der Waals surface area contributed by atoms with Crippen LogP contribution in [0.15, 0.2) is 35.4 Å². The van der Waals surface area contributed by atoms with Gasteiger partial charge >= 0.3 is 6.18 Å². The molecule has 180 valence electrons. The maximum absolute atomic E-state index is 13.1. The number of alkyl halides is 3. The quantitative estimate of drug-likeness (QED) is 0.589. The molecule has 11 heteroatoms. The number of hydrogen-bond donors (Lipinski definition) is 1. The van der Waals surface area contributed by atoms with Crippen molar-refractivity contribution in [1.29, 1.82) is 0 Å². The minimum Gasteiger partial charge on any atom is -0.341 e. The van der Waals surface area contributed by atoms with Crippen molar-refractivity contribution in [2.24, 2.45) is 5.92 Å². The lowest BCUT2D eigenvalue weighted by molar-refractivity contribution is -0.137. The van der Waals surface area contributed by atoms with Gasteiger partial charge in [-0.05, 0) is 55.5 Å². The maximum atomic E-state index is 13.1. The van der Waals surface area contributed by atoms with Gasteiger partial charge in [-0.3, -0.25) is 19.0 Å². The molecule has 0 bridgehead atoms. The average Bonchev–Trinajstić information content (AvgIpc) is 3.12. The van der Waals surface area contributed by atoms with E-state index < -0.39 is 23.2 Å². The van der Waals surface area contributed by atoms with Crippen molar-refractivity contribution in [1.82, 2.24) is 14.5 Å². The fraction of sp³-hybridized carbons (Fsp3) is 0.391. The van der Waals surface area contributed by atoms with Gasteiger partial charge in [0.25, 0.3) is 11.5 Å². The molecule has 3 aromatic rings. The molecule has 1 aromatic carbocycles. The molecule has 34 heavy (non-hydrogen) atoms. The molecule has 0 saturated carbocycles. The van der Waals surface area contributed by atoms with Crippen LogP contribution < -0.4 is 10.9 Å². The van der Waals surface area contributed by atoms with E-state index in [1.165, 1.54) is 23.0 Å². The first kappa shape index (κ1) is 23.9. The Hall–Kier alpha value is -3.21. The fourth-order valence-corrected chi connectivity index (χ4v) is 5.12. The highest BCUT2D eigenvalue weighted by atomic mass is 32.1. The van der Waals surface area contributed by atoms with E-state index in [-0.39, 0.29) is 28.4 Å². The monoisotopic (exact) mass is 492 g/mol. The second-order valence-electron chi connectivity index (χ2n) is 8.53. The summed E-state index contributed by atoms with van der Waals surface area (Å²) in [5, 5.41) is 2.81. The highest BCUT2D eigenvalue weighted by molar-refractivity contribution is 7.20. The number of benzene rings is 1. The molecule has 1 aliphatic rings. The number of thiophene rings is 1. The molecule has 4 rings (SSSR count). The number of aromatic nitrogens is 2. The molecule has 1 N–H and O–H groups in total. The summed E-state index contributed by atoms with van der Waals surface area (Å²) in [7, 11) is 0. The first-order valence-corrected chi connectivity index (χ1v) is 11.6. The molecular formula is C23H23F3N4O3S. The normalized spacial score (nSPS) is 16.6. The fourth-order valence-electron chi connectivity index (χ4n) is 4.08. The van der Waals surface area contributed by atoms with Crippen LogP contribution in [0.25, 0.3) is 10.2 Å². The van der Waals surface area contributed by atoms with E-state index in [2.05, 4.69) is 17.2 Å². The molecule has 7 nitrogen and oxygen atoms in total. The van der Waals surface area contributed by atoms with Gasteiger partial charge in [0.15, 0.2) is 0 Å². The van der Waals surface area contributed by atoms with Gasteiger partial charge in [0.1, 0.15) is 11.4 Å². The van der Waals surface area contributed by atoms with Gasteiger partial charge in [-0.15, -0.1) is 11.3 Å². The van der Waals surface area contributed by atoms with Crippen LogP contribution in [0.5, 0.6) is 0 Å². The molecule has 1 saturated heterocycles. The van der Waals surface area contributed by atoms with Crippen molar-refractivity contribution in [2.75, 3.05) is 18.4 Å². The Bertz CT molecular complexity index is 1300. The van der Waals surface area contributed by atoms with Crippen LogP contribution in [-0.4, -0.2) is 39.4 Å². The summed E-state index contributed by atoms with van der Waals surface area (Å²) in [4.78, 5) is 45.2. The van der Waals surface area contributed by atoms with Gasteiger partial charge in [-0.1, -0.05) is 6.92 Å². The van der Waals surface area contributed by atoms with E-state index in [0.717, 1.165) is 36.3 Å². The molecule has 2 amide bonds. The minimum atomic E-state index is -4.47. The number of amides is 2. The molecule has 0 unspecified atom stereocenters. The summed E-state index contributed by atoms with van der Waals surface area (Å²) in [6.45, 7) is 4.90. The average molecular weight is 493 g/mol. The number of anilines is 1. The number of nitrogens with one attached hydrogen (secondary N) is 1. The number of likely N-dealkylation sites (tertiary alicyclic amines) is 1. The summed E-state index contributed by atoms with van der Waals surface area (Å²) in [6, 6.07) is 4.10. The smallest absolute Gasteiger partial charge is 0.341 e. The Labute approximate surface area is 197 Å². The number of rotatable bonds is 4. The molecule has 0 aliphatic carbocycles. The number of carbonyl (C=O) groups is 2. The van der Waals surface area contributed by atoms with E-state index >= 15 is 0 Å². The zero-order valence-electron chi connectivity index (χ0n) is 18.6. The van der Waals surface area contributed by atoms with Crippen molar-refractivity contribution in [3.63, 3.8) is 0 Å². The number of hydrogen-bond acceptors (Lipinski definition) is 5. The molecule has 2 aromatic heterocycles. The summed E-state index contributed by atoms with van der Waals surface area (Å²) in [6.07, 6.45) is -1.16. The second-order valence-corrected chi connectivity index (χ2v) is 9.53. The summed E-state index contributed by atoms with van der Waals surface area (Å²) < 4.78 is 39.5. The predicted molar refractivity (Wildman–Crippen MR) is 123 cm³/mol. The van der Waals surface area contributed by atoms with Crippen molar-refractivity contribution >= 4 is 39.1 Å². The van der Waals surface area contributed by atoms with Gasteiger partial charge in [0, 0.05) is 18.8 Å². The second kappa shape index (κ2) is 9.21. The summed E-state index contributed by atoms with van der Waals surface area (Å²) in [5.41, 5.74) is -0.621. The van der Waals surface area contributed by atoms with Gasteiger partial charge in [0.2, 0.25) is 5.91 Å². The third kappa shape index (κ3) is 4.84. The molecule has 3 heterocycles. The van der Waals surface area contributed by atoms with Crippen molar-refractivity contribution in [3.8, 4) is 0 Å². The topological polar surface area (TPSA) is 84.3 Å². The third-order valence-corrected chi connectivity index (χ3v) is 7.11. The SMILES string of the molecule is Cc1c(C(=O)Nc2ccc(C(F)(F)F)cc2)sc2ncn(CC(=O)N3CCC[C@@H](C)C3)c(=O)c12. The Morgan fingerprint density at radius 2 is 1.94 bits per heavy atom. The molecule has 1 atom stereocenters. The van der Waals surface area contributed by atoms with Crippen LogP contribution in [0.1, 0.15) is 40.6 Å². The van der Waals surface area contributed by atoms with E-state index in [1.54, 1.807) is 11.8 Å². The van der Waals surface area contributed by atoms with Crippen LogP contribution in [0.4, 0.5) is 18.9 Å². The zero-order chi connectivity index (χ0) is 24.6. The first-order valence-electron chi connectivity index (χ1n) is 10.8. The van der Waals surface area contributed by atoms with Crippen molar-refractivity contribution in [2.45, 2.75) is 39.4 Å². The van der Waals surface area contributed by atoms with Crippen molar-refractivity contribution in [3.05, 3.63) is 57.0 Å². The Kier molecular flexibility index (Phi) is 6.48. The molecule has 0 radical (unpaired) electrons. The van der Waals surface area contributed by atoms with E-state index in [1.807, 2.05) is 0 Å². The van der Waals surface area contributed by atoms with Gasteiger partial charge in [0.05, 0.1) is 22.2 Å². The van der Waals surface area contributed by atoms with Gasteiger partial charge < -0.3 is 10.2 Å². The van der Waals surface area contributed by atoms with Crippen LogP contribution in [0.2, 0.25) is 0 Å². The van der Waals surface area contributed by atoms with E-state index in [4.69, 9.17) is 0 Å². The van der Waals surface area contributed by atoms with Crippen LogP contribution in [-0.2, 0) is 17.5 Å². The number of nitrogens with zero attached hydrogens (tertiary/aromatic N) is 3. The lowest BCUT2D eigenvalue weighted by atomic mass is 10.0. The highest BCUT2D eigenvalue weighted by Gasteiger charge is 2.30. The number of aryl methyl sites for hydroxylation is 1. The van der Waals surface area contributed by atoms with Crippen LogP contribution in [0, 0.1) is 12.8 Å². The number of piperidine rings is 1. The molecule has 1 fully saturated rings. The van der Waals surface area contributed by atoms with E-state index in [9.17, 15) is 27.6 Å². The van der Waals surface area contributed by atoms with E-state index in [0.29, 0.717) is 29.4 Å². The maximum Gasteiger partial charge on any atom is 0.416 e. The molecule has 0 spiro atoms. The molecule has 1 aliphatic heterocycles. The van der Waals surface area contributed by atoms with Gasteiger partial charge in [-0.25, -0.2) is 4.98 Å². The largest absolute Gasteiger partial charge is 0.416 e. The molecular weight excluding hydrogens is 469 g/mol. The number of halogens is 3. The lowest BCUT2D eigenvalue weighted by Crippen LogP contribution is -2.42. The zero-order valence-corrected chi connectivity index (χ0v) is 19.4. The lowest BCUT2D eigenvalue weighted by Gasteiger charge is -2.31. The van der Waals surface area contributed by atoms with Gasteiger partial charge in [-0.2, -0.15) is 13.2 Å².